The number of aliphatic hydroxyl groups is 4. The van der Waals surface area contributed by atoms with Gasteiger partial charge in [0, 0.05) is 13.1 Å². The molecule has 100 valence electrons. The summed E-state index contributed by atoms with van der Waals surface area (Å²) in [6.07, 6.45) is -3.63. The van der Waals surface area contributed by atoms with Crippen LogP contribution in [0.2, 0.25) is 0 Å². The van der Waals surface area contributed by atoms with Crippen LogP contribution in [0.25, 0.3) is 0 Å². The van der Waals surface area contributed by atoms with E-state index in [9.17, 15) is 15.3 Å². The van der Waals surface area contributed by atoms with Gasteiger partial charge in [-0.1, -0.05) is 0 Å². The third-order valence-corrected chi connectivity index (χ3v) is 3.26. The monoisotopic (exact) mass is 249 g/mol. The number of hydrogen-bond acceptors (Lipinski definition) is 7. The van der Waals surface area contributed by atoms with E-state index in [1.165, 1.54) is 0 Å². The molecule has 4 N–H and O–H groups in total. The lowest BCUT2D eigenvalue weighted by Gasteiger charge is -2.34. The van der Waals surface area contributed by atoms with Crippen LogP contribution < -0.4 is 0 Å². The van der Waals surface area contributed by atoms with Crippen LogP contribution in [0.1, 0.15) is 0 Å². The molecule has 0 aromatic carbocycles. The summed E-state index contributed by atoms with van der Waals surface area (Å²) in [7, 11) is 0. The molecule has 2 heterocycles. The molecule has 2 rings (SSSR count). The summed E-state index contributed by atoms with van der Waals surface area (Å²) >= 11 is 0. The Kier molecular flexibility index (Phi) is 3.99. The van der Waals surface area contributed by atoms with Crippen molar-refractivity contribution in [3.63, 3.8) is 0 Å². The highest BCUT2D eigenvalue weighted by Gasteiger charge is 2.53. The Morgan fingerprint density at radius 3 is 2.41 bits per heavy atom. The van der Waals surface area contributed by atoms with Crippen LogP contribution in [-0.4, -0.2) is 88.9 Å². The predicted molar refractivity (Wildman–Crippen MR) is 56.2 cm³/mol. The van der Waals surface area contributed by atoms with Crippen molar-refractivity contribution in [2.24, 2.45) is 0 Å². The van der Waals surface area contributed by atoms with Crippen molar-refractivity contribution >= 4 is 0 Å². The Labute approximate surface area is 99.2 Å². The maximum Gasteiger partial charge on any atom is 0.208 e. The minimum absolute atomic E-state index is 0.0884. The summed E-state index contributed by atoms with van der Waals surface area (Å²) in [5, 5.41) is 38.4. The van der Waals surface area contributed by atoms with Crippen LogP contribution in [-0.2, 0) is 9.47 Å². The molecule has 0 saturated carbocycles. The smallest absolute Gasteiger partial charge is 0.208 e. The molecule has 0 aromatic rings. The fourth-order valence-corrected chi connectivity index (χ4v) is 2.23. The molecule has 0 bridgehead atoms. The van der Waals surface area contributed by atoms with E-state index in [1.807, 2.05) is 4.90 Å². The van der Waals surface area contributed by atoms with Gasteiger partial charge in [0.1, 0.15) is 18.3 Å². The predicted octanol–water partition coefficient (Wildman–Crippen LogP) is -2.88. The molecule has 2 fully saturated rings. The quantitative estimate of drug-likeness (QED) is 0.426. The van der Waals surface area contributed by atoms with Crippen LogP contribution in [0.4, 0.5) is 0 Å². The highest BCUT2D eigenvalue weighted by atomic mass is 16.7. The first-order valence-electron chi connectivity index (χ1n) is 5.74. The highest BCUT2D eigenvalue weighted by Crippen LogP contribution is 2.30. The summed E-state index contributed by atoms with van der Waals surface area (Å²) in [5.41, 5.74) is 0. The van der Waals surface area contributed by atoms with Crippen molar-refractivity contribution in [2.45, 2.75) is 24.1 Å². The van der Waals surface area contributed by atoms with Crippen LogP contribution >= 0.6 is 0 Å². The first kappa shape index (κ1) is 13.2. The normalized spacial score (nSPS) is 44.1. The molecule has 17 heavy (non-hydrogen) atoms. The number of morpholine rings is 1. The van der Waals surface area contributed by atoms with E-state index in [-0.39, 0.29) is 6.54 Å². The molecule has 0 radical (unpaired) electrons. The van der Waals surface area contributed by atoms with E-state index in [0.717, 1.165) is 0 Å². The maximum absolute atomic E-state index is 10.2. The lowest BCUT2D eigenvalue weighted by atomic mass is 10.0. The number of ether oxygens (including phenoxy) is 2. The fraction of sp³-hybridized carbons (Fsp3) is 1.00. The van der Waals surface area contributed by atoms with Crippen LogP contribution in [0, 0.1) is 0 Å². The number of β-amino-alcohol motifs (C(OH)–C–C–N with tert-alkyl or cyclic N) is 1. The summed E-state index contributed by atoms with van der Waals surface area (Å²) in [5.74, 6) is -1.83. The van der Waals surface area contributed by atoms with E-state index in [2.05, 4.69) is 0 Å². The van der Waals surface area contributed by atoms with Gasteiger partial charge in [-0.25, -0.2) is 0 Å². The van der Waals surface area contributed by atoms with Gasteiger partial charge in [-0.2, -0.15) is 0 Å². The summed E-state index contributed by atoms with van der Waals surface area (Å²) in [6, 6.07) is 0. The molecule has 2 aliphatic heterocycles. The largest absolute Gasteiger partial charge is 0.394 e. The highest BCUT2D eigenvalue weighted by molar-refractivity contribution is 4.97. The van der Waals surface area contributed by atoms with Crippen molar-refractivity contribution in [1.29, 1.82) is 0 Å². The van der Waals surface area contributed by atoms with E-state index >= 15 is 0 Å². The van der Waals surface area contributed by atoms with Crippen molar-refractivity contribution in [1.82, 2.24) is 4.90 Å². The van der Waals surface area contributed by atoms with Gasteiger partial charge in [0.15, 0.2) is 0 Å². The Hall–Kier alpha value is -0.280. The van der Waals surface area contributed by atoms with E-state index in [0.29, 0.717) is 26.3 Å². The van der Waals surface area contributed by atoms with Crippen molar-refractivity contribution in [3.8, 4) is 0 Å². The summed E-state index contributed by atoms with van der Waals surface area (Å²) in [6.45, 7) is 2.06. The topological polar surface area (TPSA) is 103 Å². The molecular weight excluding hydrogens is 230 g/mol. The second-order valence-corrected chi connectivity index (χ2v) is 4.51. The zero-order valence-electron chi connectivity index (χ0n) is 9.53. The van der Waals surface area contributed by atoms with E-state index in [1.54, 1.807) is 0 Å². The van der Waals surface area contributed by atoms with Crippen molar-refractivity contribution in [3.05, 3.63) is 0 Å². The minimum Gasteiger partial charge on any atom is -0.394 e. The average Bonchev–Trinajstić information content (AvgIpc) is 2.55. The van der Waals surface area contributed by atoms with E-state index in [4.69, 9.17) is 14.6 Å². The van der Waals surface area contributed by atoms with Gasteiger partial charge in [-0.05, 0) is 0 Å². The number of nitrogens with zero attached hydrogens (tertiary/aromatic N) is 1. The Bertz CT molecular complexity index is 259. The molecule has 0 amide bonds. The molecule has 7 heteroatoms. The second-order valence-electron chi connectivity index (χ2n) is 4.51. The van der Waals surface area contributed by atoms with Crippen LogP contribution in [0.3, 0.4) is 0 Å². The zero-order valence-corrected chi connectivity index (χ0v) is 9.53. The number of rotatable bonds is 3. The van der Waals surface area contributed by atoms with Gasteiger partial charge < -0.3 is 29.9 Å². The lowest BCUT2D eigenvalue weighted by Crippen LogP contribution is -2.53. The van der Waals surface area contributed by atoms with Gasteiger partial charge in [0.2, 0.25) is 5.79 Å². The summed E-state index contributed by atoms with van der Waals surface area (Å²) < 4.78 is 10.3. The van der Waals surface area contributed by atoms with Crippen molar-refractivity contribution < 1.29 is 29.9 Å². The van der Waals surface area contributed by atoms with E-state index < -0.39 is 30.7 Å². The molecule has 4 atom stereocenters. The molecular formula is C10H19NO6. The fourth-order valence-electron chi connectivity index (χ4n) is 2.23. The minimum atomic E-state index is -1.83. The zero-order chi connectivity index (χ0) is 12.5. The molecule has 0 aromatic heterocycles. The molecule has 7 nitrogen and oxygen atoms in total. The van der Waals surface area contributed by atoms with Gasteiger partial charge in [-0.15, -0.1) is 0 Å². The maximum atomic E-state index is 10.2. The van der Waals surface area contributed by atoms with Gasteiger partial charge in [-0.3, -0.25) is 4.90 Å². The third-order valence-electron chi connectivity index (χ3n) is 3.26. The summed E-state index contributed by atoms with van der Waals surface area (Å²) in [4.78, 5) is 1.89. The average molecular weight is 249 g/mol. The Morgan fingerprint density at radius 2 is 1.88 bits per heavy atom. The van der Waals surface area contributed by atoms with Gasteiger partial charge in [0.05, 0.1) is 26.4 Å². The third kappa shape index (κ3) is 2.60. The van der Waals surface area contributed by atoms with Crippen LogP contribution in [0.5, 0.6) is 0 Å². The first-order valence-corrected chi connectivity index (χ1v) is 5.74. The lowest BCUT2D eigenvalue weighted by molar-refractivity contribution is -0.241. The Balaban J connectivity index is 1.98. The SMILES string of the molecule is OC[C@H]1OC(O)(CN2CCOCC2)[C@@H](O)[C@@H]1O. The molecule has 0 spiro atoms. The molecule has 2 saturated heterocycles. The van der Waals surface area contributed by atoms with Gasteiger partial charge >= 0.3 is 0 Å². The first-order chi connectivity index (χ1) is 8.07. The molecule has 2 aliphatic rings. The molecule has 0 aliphatic carbocycles. The van der Waals surface area contributed by atoms with Crippen molar-refractivity contribution in [2.75, 3.05) is 39.5 Å². The van der Waals surface area contributed by atoms with Gasteiger partial charge in [0.25, 0.3) is 0 Å². The Morgan fingerprint density at radius 1 is 1.24 bits per heavy atom. The number of aliphatic hydroxyl groups excluding tert-OH is 3. The standard InChI is InChI=1S/C10H19NO6/c12-5-7-8(13)9(14)10(15,17-7)6-11-1-3-16-4-2-11/h7-9,12-15H,1-6H2/t7-,8-,9+,10?/m1/s1. The second kappa shape index (κ2) is 5.15. The van der Waals surface area contributed by atoms with Crippen LogP contribution in [0.15, 0.2) is 0 Å². The molecule has 1 unspecified atom stereocenters. The number of hydrogen-bond donors (Lipinski definition) is 4.